The molecule has 6 nitrogen and oxygen atoms in total. The van der Waals surface area contributed by atoms with Crippen LogP contribution in [0.1, 0.15) is 21.5 Å². The maximum Gasteiger partial charge on any atom is 0.416 e. The number of aliphatic hydroxyl groups is 1. The van der Waals surface area contributed by atoms with Crippen molar-refractivity contribution in [1.82, 2.24) is 14.5 Å². The summed E-state index contributed by atoms with van der Waals surface area (Å²) in [7, 11) is 0. The summed E-state index contributed by atoms with van der Waals surface area (Å²) in [6, 6.07) is 12.2. The fourth-order valence-corrected chi connectivity index (χ4v) is 3.33. The molecule has 0 atom stereocenters. The number of fused-ring (bicyclic) bond motifs is 1. The first kappa shape index (κ1) is 21.4. The summed E-state index contributed by atoms with van der Waals surface area (Å²) in [6.45, 7) is -0.687. The number of carbonyl (C=O) groups is 1. The smallest absolute Gasteiger partial charge is 0.388 e. The molecule has 0 bridgehead atoms. The Balaban J connectivity index is 1.87. The van der Waals surface area contributed by atoms with Crippen LogP contribution in [0.25, 0.3) is 22.3 Å². The maximum atomic E-state index is 13.3. The second-order valence-corrected chi connectivity index (χ2v) is 7.08. The van der Waals surface area contributed by atoms with E-state index in [0.717, 1.165) is 12.1 Å². The van der Waals surface area contributed by atoms with Gasteiger partial charge in [0.05, 0.1) is 23.0 Å². The van der Waals surface area contributed by atoms with Crippen molar-refractivity contribution in [2.75, 3.05) is 6.61 Å². The molecule has 9 heteroatoms. The molecule has 0 aliphatic carbocycles. The Morgan fingerprint density at radius 2 is 1.81 bits per heavy atom. The van der Waals surface area contributed by atoms with Crippen LogP contribution in [0.15, 0.2) is 71.8 Å². The Kier molecular flexibility index (Phi) is 5.58. The van der Waals surface area contributed by atoms with E-state index in [1.807, 2.05) is 0 Å². The van der Waals surface area contributed by atoms with E-state index in [4.69, 9.17) is 5.11 Å². The molecule has 0 fully saturated rings. The van der Waals surface area contributed by atoms with Gasteiger partial charge in [-0.2, -0.15) is 13.2 Å². The predicted molar refractivity (Wildman–Crippen MR) is 111 cm³/mol. The summed E-state index contributed by atoms with van der Waals surface area (Å²) in [5.74, 6) is -0.255. The molecule has 2 heterocycles. The van der Waals surface area contributed by atoms with E-state index < -0.39 is 29.7 Å². The van der Waals surface area contributed by atoms with E-state index in [0.29, 0.717) is 11.1 Å². The van der Waals surface area contributed by atoms with Crippen LogP contribution in [-0.2, 0) is 12.7 Å². The van der Waals surface area contributed by atoms with E-state index >= 15 is 0 Å². The minimum absolute atomic E-state index is 0.0124. The fourth-order valence-electron chi connectivity index (χ4n) is 3.33. The number of aromatic nitrogens is 3. The number of hydrogen-bond donors (Lipinski definition) is 1. The molecule has 0 saturated heterocycles. The lowest BCUT2D eigenvalue weighted by Crippen LogP contribution is -2.24. The summed E-state index contributed by atoms with van der Waals surface area (Å²) >= 11 is 0. The number of benzene rings is 2. The minimum atomic E-state index is -4.45. The van der Waals surface area contributed by atoms with Gasteiger partial charge in [-0.1, -0.05) is 18.2 Å². The second-order valence-electron chi connectivity index (χ2n) is 7.08. The number of aliphatic hydroxyl groups excluding tert-OH is 1. The second kappa shape index (κ2) is 8.35. The number of Topliss-reactive ketones (excluding diaryl/α,β-unsaturated/α-hetero) is 1. The van der Waals surface area contributed by atoms with Gasteiger partial charge in [0.15, 0.2) is 5.78 Å². The number of alkyl halides is 3. The fraction of sp³-hybridized carbons (Fsp3) is 0.130. The number of pyridine rings is 1. The molecule has 0 spiro atoms. The zero-order valence-electron chi connectivity index (χ0n) is 16.5. The Labute approximate surface area is 179 Å². The molecule has 0 saturated carbocycles. The number of halogens is 3. The van der Waals surface area contributed by atoms with Crippen molar-refractivity contribution >= 4 is 16.7 Å². The van der Waals surface area contributed by atoms with Crippen LogP contribution in [0.5, 0.6) is 0 Å². The highest BCUT2D eigenvalue weighted by molar-refractivity contribution is 6.00. The topological polar surface area (TPSA) is 85.1 Å². The van der Waals surface area contributed by atoms with Gasteiger partial charge < -0.3 is 5.11 Å². The summed E-state index contributed by atoms with van der Waals surface area (Å²) < 4.78 is 40.0. The molecule has 32 heavy (non-hydrogen) atoms. The lowest BCUT2D eigenvalue weighted by atomic mass is 10.1. The Hall–Kier alpha value is -3.85. The third-order valence-corrected chi connectivity index (χ3v) is 4.96. The van der Waals surface area contributed by atoms with Gasteiger partial charge in [-0.3, -0.25) is 19.1 Å². The molecule has 0 aliphatic heterocycles. The number of carbonyl (C=O) groups excluding carboxylic acids is 1. The average Bonchev–Trinajstić information content (AvgIpc) is 2.80. The minimum Gasteiger partial charge on any atom is -0.388 e. The van der Waals surface area contributed by atoms with E-state index in [2.05, 4.69) is 9.97 Å². The van der Waals surface area contributed by atoms with E-state index in [-0.39, 0.29) is 28.8 Å². The van der Waals surface area contributed by atoms with E-state index in [1.54, 1.807) is 18.3 Å². The summed E-state index contributed by atoms with van der Waals surface area (Å²) in [5, 5.41) is 9.35. The average molecular weight is 439 g/mol. The van der Waals surface area contributed by atoms with Crippen molar-refractivity contribution in [2.45, 2.75) is 12.7 Å². The number of rotatable bonds is 5. The van der Waals surface area contributed by atoms with Crippen LogP contribution in [0.4, 0.5) is 13.2 Å². The first-order chi connectivity index (χ1) is 15.3. The molecule has 0 amide bonds. The van der Waals surface area contributed by atoms with Gasteiger partial charge in [-0.25, -0.2) is 4.98 Å². The van der Waals surface area contributed by atoms with Crippen molar-refractivity contribution in [3.05, 3.63) is 94.0 Å². The summed E-state index contributed by atoms with van der Waals surface area (Å²) in [4.78, 5) is 33.7. The van der Waals surface area contributed by atoms with Gasteiger partial charge in [0.25, 0.3) is 5.56 Å². The number of hydrogen-bond acceptors (Lipinski definition) is 5. The molecule has 0 unspecified atom stereocenters. The SMILES string of the molecule is O=C(CO)c1ccc2c(=O)n(Cc3ccc(C(F)(F)F)cc3)c(-c3cccnc3)nc2c1. The van der Waals surface area contributed by atoms with Crippen LogP contribution in [0.3, 0.4) is 0 Å². The van der Waals surface area contributed by atoms with Gasteiger partial charge in [-0.05, 0) is 42.0 Å². The lowest BCUT2D eigenvalue weighted by molar-refractivity contribution is -0.137. The molecule has 2 aromatic carbocycles. The van der Waals surface area contributed by atoms with Crippen LogP contribution < -0.4 is 5.56 Å². The van der Waals surface area contributed by atoms with Crippen molar-refractivity contribution < 1.29 is 23.1 Å². The first-order valence-corrected chi connectivity index (χ1v) is 9.53. The molecule has 4 rings (SSSR count). The molecule has 162 valence electrons. The largest absolute Gasteiger partial charge is 0.416 e. The molecule has 1 N–H and O–H groups in total. The van der Waals surface area contributed by atoms with Crippen LogP contribution in [0.2, 0.25) is 0 Å². The number of nitrogens with zero attached hydrogens (tertiary/aromatic N) is 3. The number of ketones is 1. The summed E-state index contributed by atoms with van der Waals surface area (Å²) in [5.41, 5.74) is 0.285. The van der Waals surface area contributed by atoms with Crippen molar-refractivity contribution in [3.8, 4) is 11.4 Å². The van der Waals surface area contributed by atoms with Crippen molar-refractivity contribution in [3.63, 3.8) is 0 Å². The summed E-state index contributed by atoms with van der Waals surface area (Å²) in [6.07, 6.45) is -1.38. The molecule has 4 aromatic rings. The van der Waals surface area contributed by atoms with Crippen LogP contribution >= 0.6 is 0 Å². The zero-order valence-corrected chi connectivity index (χ0v) is 16.5. The highest BCUT2D eigenvalue weighted by Gasteiger charge is 2.30. The van der Waals surface area contributed by atoms with Crippen molar-refractivity contribution in [2.24, 2.45) is 0 Å². The first-order valence-electron chi connectivity index (χ1n) is 9.53. The zero-order chi connectivity index (χ0) is 22.9. The van der Waals surface area contributed by atoms with E-state index in [1.165, 1.54) is 41.1 Å². The normalized spacial score (nSPS) is 11.6. The monoisotopic (exact) mass is 439 g/mol. The van der Waals surface area contributed by atoms with Crippen molar-refractivity contribution in [1.29, 1.82) is 0 Å². The van der Waals surface area contributed by atoms with E-state index in [9.17, 15) is 22.8 Å². The Morgan fingerprint density at radius 1 is 1.06 bits per heavy atom. The molecular formula is C23H16F3N3O3. The highest BCUT2D eigenvalue weighted by atomic mass is 19.4. The molecule has 0 radical (unpaired) electrons. The van der Waals surface area contributed by atoms with Gasteiger partial charge in [0.1, 0.15) is 12.4 Å². The lowest BCUT2D eigenvalue weighted by Gasteiger charge is -2.15. The molecular weight excluding hydrogens is 423 g/mol. The molecule has 0 aliphatic rings. The van der Waals surface area contributed by atoms with Crippen LogP contribution in [-0.4, -0.2) is 32.0 Å². The van der Waals surface area contributed by atoms with Gasteiger partial charge in [0, 0.05) is 23.5 Å². The van der Waals surface area contributed by atoms with Gasteiger partial charge in [0.2, 0.25) is 0 Å². The predicted octanol–water partition coefficient (Wildman–Crippen LogP) is 3.70. The Bertz CT molecular complexity index is 1350. The quantitative estimate of drug-likeness (QED) is 0.480. The van der Waals surface area contributed by atoms with Crippen LogP contribution in [0, 0.1) is 0 Å². The van der Waals surface area contributed by atoms with Gasteiger partial charge >= 0.3 is 6.18 Å². The Morgan fingerprint density at radius 3 is 2.44 bits per heavy atom. The molecule has 2 aromatic heterocycles. The standard InChI is InChI=1S/C23H16F3N3O3/c24-23(25,26)17-6-3-14(4-7-17)12-29-21(16-2-1-9-27-11-16)28-19-10-15(20(31)13-30)5-8-18(19)22(29)32/h1-11,30H,12-13H2. The third kappa shape index (κ3) is 4.15. The maximum absolute atomic E-state index is 13.3. The van der Waals surface area contributed by atoms with Gasteiger partial charge in [-0.15, -0.1) is 0 Å². The third-order valence-electron chi connectivity index (χ3n) is 4.96. The highest BCUT2D eigenvalue weighted by Crippen LogP contribution is 2.29.